The van der Waals surface area contributed by atoms with Gasteiger partial charge in [0.2, 0.25) is 11.8 Å². The molecule has 7 nitrogen and oxygen atoms in total. The SMILES string of the molecule is COc1cccc([C@H]2c3cccn3CCN2C(=O)CC(=O)NCc2ccco2)c1. The lowest BCUT2D eigenvalue weighted by molar-refractivity contribution is -0.138. The zero-order valence-corrected chi connectivity index (χ0v) is 16.2. The number of carbonyl (C=O) groups is 2. The van der Waals surface area contributed by atoms with Crippen molar-refractivity contribution in [1.82, 2.24) is 14.8 Å². The van der Waals surface area contributed by atoms with Gasteiger partial charge in [-0.15, -0.1) is 0 Å². The molecule has 7 heteroatoms. The minimum absolute atomic E-state index is 0.206. The third kappa shape index (κ3) is 4.03. The number of furan rings is 1. The molecule has 1 aromatic carbocycles. The zero-order chi connectivity index (χ0) is 20.2. The Hall–Kier alpha value is -3.48. The van der Waals surface area contributed by atoms with Crippen LogP contribution in [-0.4, -0.2) is 34.9 Å². The van der Waals surface area contributed by atoms with E-state index in [0.29, 0.717) is 18.8 Å². The van der Waals surface area contributed by atoms with E-state index < -0.39 is 0 Å². The highest BCUT2D eigenvalue weighted by Gasteiger charge is 2.33. The lowest BCUT2D eigenvalue weighted by atomic mass is 9.99. The predicted molar refractivity (Wildman–Crippen MR) is 106 cm³/mol. The van der Waals surface area contributed by atoms with E-state index in [1.165, 1.54) is 0 Å². The quantitative estimate of drug-likeness (QED) is 0.654. The highest BCUT2D eigenvalue weighted by atomic mass is 16.5. The van der Waals surface area contributed by atoms with Gasteiger partial charge in [-0.1, -0.05) is 12.1 Å². The number of nitrogens with zero attached hydrogens (tertiary/aromatic N) is 2. The normalized spacial score (nSPS) is 15.6. The molecular formula is C22H23N3O4. The summed E-state index contributed by atoms with van der Waals surface area (Å²) in [6.45, 7) is 1.50. The standard InChI is InChI=1S/C22H23N3O4/c1-28-17-6-2-5-16(13-17)22-19-8-3-9-24(19)10-11-25(22)21(27)14-20(26)23-15-18-7-4-12-29-18/h2-9,12-13,22H,10-11,14-15H2,1H3,(H,23,26)/t22-/m0/s1. The number of benzene rings is 1. The summed E-state index contributed by atoms with van der Waals surface area (Å²) in [7, 11) is 1.62. The average Bonchev–Trinajstić information content (AvgIpc) is 3.43. The summed E-state index contributed by atoms with van der Waals surface area (Å²) in [5.41, 5.74) is 1.97. The van der Waals surface area contributed by atoms with Crippen LogP contribution in [0.1, 0.15) is 29.5 Å². The number of aromatic nitrogens is 1. The number of methoxy groups -OCH3 is 1. The van der Waals surface area contributed by atoms with E-state index in [-0.39, 0.29) is 30.8 Å². The molecule has 0 bridgehead atoms. The van der Waals surface area contributed by atoms with Crippen LogP contribution < -0.4 is 10.1 Å². The van der Waals surface area contributed by atoms with Gasteiger partial charge in [0.05, 0.1) is 26.0 Å². The van der Waals surface area contributed by atoms with Gasteiger partial charge in [-0.3, -0.25) is 9.59 Å². The van der Waals surface area contributed by atoms with E-state index in [4.69, 9.17) is 9.15 Å². The molecule has 0 spiro atoms. The first-order valence-electron chi connectivity index (χ1n) is 9.53. The van der Waals surface area contributed by atoms with Crippen molar-refractivity contribution in [3.05, 3.63) is 78.0 Å². The van der Waals surface area contributed by atoms with Crippen LogP contribution in [0.25, 0.3) is 0 Å². The summed E-state index contributed by atoms with van der Waals surface area (Å²) < 4.78 is 12.7. The smallest absolute Gasteiger partial charge is 0.232 e. The largest absolute Gasteiger partial charge is 0.497 e. The number of hydrogen-bond acceptors (Lipinski definition) is 4. The number of amides is 2. The lowest BCUT2D eigenvalue weighted by Crippen LogP contribution is -2.44. The van der Waals surface area contributed by atoms with E-state index in [1.54, 1.807) is 30.4 Å². The highest BCUT2D eigenvalue weighted by Crippen LogP contribution is 2.34. The number of hydrogen-bond donors (Lipinski definition) is 1. The summed E-state index contributed by atoms with van der Waals surface area (Å²) in [6, 6.07) is 15.0. The molecule has 0 unspecified atom stereocenters. The molecule has 3 heterocycles. The van der Waals surface area contributed by atoms with Crippen LogP contribution >= 0.6 is 0 Å². The minimum Gasteiger partial charge on any atom is -0.497 e. The third-order valence-electron chi connectivity index (χ3n) is 5.12. The predicted octanol–water partition coefficient (Wildman–Crippen LogP) is 2.73. The van der Waals surface area contributed by atoms with E-state index in [2.05, 4.69) is 9.88 Å². The fraction of sp³-hybridized carbons (Fsp3) is 0.273. The Morgan fingerprint density at radius 2 is 2.07 bits per heavy atom. The first-order valence-corrected chi connectivity index (χ1v) is 9.53. The average molecular weight is 393 g/mol. The molecule has 4 rings (SSSR count). The summed E-state index contributed by atoms with van der Waals surface area (Å²) in [5, 5.41) is 2.74. The maximum absolute atomic E-state index is 13.0. The molecule has 0 saturated carbocycles. The van der Waals surface area contributed by atoms with Gasteiger partial charge in [0.1, 0.15) is 17.9 Å². The summed E-state index contributed by atoms with van der Waals surface area (Å²) >= 11 is 0. The Morgan fingerprint density at radius 1 is 1.17 bits per heavy atom. The molecule has 29 heavy (non-hydrogen) atoms. The molecule has 0 fully saturated rings. The molecular weight excluding hydrogens is 370 g/mol. The van der Waals surface area contributed by atoms with Crippen LogP contribution in [0.15, 0.2) is 65.4 Å². The van der Waals surface area contributed by atoms with Crippen molar-refractivity contribution in [2.24, 2.45) is 0 Å². The van der Waals surface area contributed by atoms with Crippen molar-refractivity contribution in [3.8, 4) is 5.75 Å². The van der Waals surface area contributed by atoms with Gasteiger partial charge in [0.25, 0.3) is 0 Å². The van der Waals surface area contributed by atoms with Gasteiger partial charge >= 0.3 is 0 Å². The second kappa shape index (κ2) is 8.26. The second-order valence-electron chi connectivity index (χ2n) is 6.93. The van der Waals surface area contributed by atoms with Crippen molar-refractivity contribution < 1.29 is 18.7 Å². The monoisotopic (exact) mass is 393 g/mol. The fourth-order valence-electron chi connectivity index (χ4n) is 3.71. The highest BCUT2D eigenvalue weighted by molar-refractivity contribution is 5.97. The minimum atomic E-state index is -0.322. The van der Waals surface area contributed by atoms with Gasteiger partial charge < -0.3 is 23.9 Å². The number of fused-ring (bicyclic) bond motifs is 1. The molecule has 2 aromatic heterocycles. The first kappa shape index (κ1) is 18.9. The lowest BCUT2D eigenvalue weighted by Gasteiger charge is -2.37. The molecule has 1 atom stereocenters. The Balaban J connectivity index is 1.52. The number of ether oxygens (including phenoxy) is 1. The zero-order valence-electron chi connectivity index (χ0n) is 16.2. The third-order valence-corrected chi connectivity index (χ3v) is 5.12. The van der Waals surface area contributed by atoms with Crippen LogP contribution in [0, 0.1) is 0 Å². The molecule has 1 aliphatic rings. The second-order valence-corrected chi connectivity index (χ2v) is 6.93. The summed E-state index contributed by atoms with van der Waals surface area (Å²) in [4.78, 5) is 27.1. The number of rotatable bonds is 6. The molecule has 1 aliphatic heterocycles. The first-order chi connectivity index (χ1) is 14.2. The fourth-order valence-corrected chi connectivity index (χ4v) is 3.71. The molecule has 3 aromatic rings. The van der Waals surface area contributed by atoms with E-state index in [9.17, 15) is 9.59 Å². The van der Waals surface area contributed by atoms with E-state index in [0.717, 1.165) is 17.0 Å². The summed E-state index contributed by atoms with van der Waals surface area (Å²) in [6.07, 6.45) is 3.36. The molecule has 150 valence electrons. The van der Waals surface area contributed by atoms with Crippen molar-refractivity contribution in [3.63, 3.8) is 0 Å². The Bertz CT molecular complexity index is 993. The van der Waals surface area contributed by atoms with Gasteiger partial charge in [-0.05, 0) is 42.0 Å². The molecule has 0 radical (unpaired) electrons. The maximum Gasteiger partial charge on any atom is 0.232 e. The maximum atomic E-state index is 13.0. The van der Waals surface area contributed by atoms with E-state index >= 15 is 0 Å². The summed E-state index contributed by atoms with van der Waals surface area (Å²) in [5.74, 6) is 0.851. The molecule has 0 saturated heterocycles. The van der Waals surface area contributed by atoms with Crippen LogP contribution in [0.4, 0.5) is 0 Å². The van der Waals surface area contributed by atoms with Gasteiger partial charge in [-0.25, -0.2) is 0 Å². The topological polar surface area (TPSA) is 76.7 Å². The molecule has 2 amide bonds. The number of carbonyl (C=O) groups excluding carboxylic acids is 2. The Kier molecular flexibility index (Phi) is 5.37. The Morgan fingerprint density at radius 3 is 2.86 bits per heavy atom. The van der Waals surface area contributed by atoms with Crippen LogP contribution in [-0.2, 0) is 22.7 Å². The van der Waals surface area contributed by atoms with Crippen molar-refractivity contribution in [2.45, 2.75) is 25.6 Å². The van der Waals surface area contributed by atoms with Crippen molar-refractivity contribution in [2.75, 3.05) is 13.7 Å². The van der Waals surface area contributed by atoms with Gasteiger partial charge in [0, 0.05) is 25.0 Å². The van der Waals surface area contributed by atoms with Crippen LogP contribution in [0.5, 0.6) is 5.75 Å². The van der Waals surface area contributed by atoms with Gasteiger partial charge in [0.15, 0.2) is 0 Å². The Labute approximate surface area is 168 Å². The van der Waals surface area contributed by atoms with Crippen LogP contribution in [0.3, 0.4) is 0 Å². The van der Waals surface area contributed by atoms with E-state index in [1.807, 2.05) is 42.6 Å². The van der Waals surface area contributed by atoms with Crippen molar-refractivity contribution >= 4 is 11.8 Å². The molecule has 1 N–H and O–H groups in total. The number of nitrogens with one attached hydrogen (secondary N) is 1. The van der Waals surface area contributed by atoms with Gasteiger partial charge in [-0.2, -0.15) is 0 Å². The molecule has 0 aliphatic carbocycles. The van der Waals surface area contributed by atoms with Crippen molar-refractivity contribution in [1.29, 1.82) is 0 Å². The van der Waals surface area contributed by atoms with Crippen LogP contribution in [0.2, 0.25) is 0 Å².